The Labute approximate surface area is 138 Å². The van der Waals surface area contributed by atoms with Gasteiger partial charge in [0.25, 0.3) is 0 Å². The van der Waals surface area contributed by atoms with E-state index in [0.717, 1.165) is 6.66 Å². The fraction of sp³-hybridized carbons (Fsp3) is 0.538. The summed E-state index contributed by atoms with van der Waals surface area (Å²) in [5.74, 6) is -0.829. The first-order valence-corrected chi connectivity index (χ1v) is 9.04. The van der Waals surface area contributed by atoms with E-state index in [1.165, 1.54) is 12.1 Å². The number of rotatable bonds is 5. The maximum atomic E-state index is 12.4. The second kappa shape index (κ2) is 6.46. The van der Waals surface area contributed by atoms with Crippen LogP contribution in [0.3, 0.4) is 0 Å². The molecule has 1 aromatic carbocycles. The minimum absolute atomic E-state index is 0.230. The molecule has 132 valence electrons. The maximum absolute atomic E-state index is 12.4. The SMILES string of the molecule is CC1(C)OCC([N+](=O)[O-])(/[N+]([O-])=N/P(C)(=O)Oc2ccccc2)CO1. The van der Waals surface area contributed by atoms with E-state index >= 15 is 0 Å². The normalized spacial score (nSPS) is 22.4. The van der Waals surface area contributed by atoms with Gasteiger partial charge in [0.05, 0.1) is 11.5 Å². The molecule has 1 unspecified atom stereocenters. The van der Waals surface area contributed by atoms with Gasteiger partial charge in [0.2, 0.25) is 0 Å². The van der Waals surface area contributed by atoms with Crippen LogP contribution in [-0.2, 0) is 14.0 Å². The summed E-state index contributed by atoms with van der Waals surface area (Å²) < 4.78 is 28.0. The van der Waals surface area contributed by atoms with Crippen molar-refractivity contribution in [2.24, 2.45) is 4.88 Å². The number of nitrogens with zero attached hydrogens (tertiary/aromatic N) is 3. The highest BCUT2D eigenvalue weighted by molar-refractivity contribution is 7.56. The molecular formula is C13H18N3O7P. The molecule has 0 spiro atoms. The standard InChI is InChI=1S/C13H18N3O7P/c1-12(2)21-9-13(10-22-12,16(18)19)15(17)14-24(3,20)23-11-7-5-4-6-8-11/h4-8H,9-10H2,1-3H3/b15-14-. The van der Waals surface area contributed by atoms with Gasteiger partial charge in [0, 0.05) is 0 Å². The molecule has 0 aliphatic carbocycles. The Morgan fingerprint density at radius 2 is 1.75 bits per heavy atom. The summed E-state index contributed by atoms with van der Waals surface area (Å²) in [6, 6.07) is 8.07. The number of ether oxygens (including phenoxy) is 2. The van der Waals surface area contributed by atoms with Gasteiger partial charge in [-0.1, -0.05) is 18.2 Å². The lowest BCUT2D eigenvalue weighted by atomic mass is 10.2. The molecule has 1 aliphatic heterocycles. The van der Waals surface area contributed by atoms with Crippen LogP contribution in [0.25, 0.3) is 0 Å². The zero-order valence-corrected chi connectivity index (χ0v) is 14.3. The molecule has 1 aromatic rings. The van der Waals surface area contributed by atoms with E-state index in [-0.39, 0.29) is 10.6 Å². The lowest BCUT2D eigenvalue weighted by Crippen LogP contribution is -2.60. The largest absolute Gasteiger partial charge is 0.594 e. The molecule has 11 heteroatoms. The zero-order valence-electron chi connectivity index (χ0n) is 13.4. The highest BCUT2D eigenvalue weighted by atomic mass is 31.2. The third kappa shape index (κ3) is 4.08. The molecule has 0 aromatic heterocycles. The Morgan fingerprint density at radius 1 is 1.21 bits per heavy atom. The van der Waals surface area contributed by atoms with Crippen LogP contribution in [0.5, 0.6) is 5.75 Å². The molecule has 1 atom stereocenters. The smallest absolute Gasteiger partial charge is 0.484 e. The van der Waals surface area contributed by atoms with Crippen molar-refractivity contribution in [1.29, 1.82) is 0 Å². The first kappa shape index (κ1) is 18.3. The summed E-state index contributed by atoms with van der Waals surface area (Å²) in [5.41, 5.74) is -2.32. The summed E-state index contributed by atoms with van der Waals surface area (Å²) in [6.07, 6.45) is 0. The Balaban J connectivity index is 2.26. The Hall–Kier alpha value is -2.03. The number of hydrogen-bond donors (Lipinski definition) is 0. The lowest BCUT2D eigenvalue weighted by Gasteiger charge is -2.34. The Morgan fingerprint density at radius 3 is 2.25 bits per heavy atom. The number of hydroxylamine groups is 1. The summed E-state index contributed by atoms with van der Waals surface area (Å²) in [4.78, 5) is 13.7. The molecule has 2 rings (SSSR count). The van der Waals surface area contributed by atoms with E-state index in [4.69, 9.17) is 14.0 Å². The van der Waals surface area contributed by atoms with Gasteiger partial charge in [-0.25, -0.2) is 4.57 Å². The van der Waals surface area contributed by atoms with Crippen molar-refractivity contribution in [2.75, 3.05) is 19.9 Å². The molecule has 0 N–H and O–H groups in total. The van der Waals surface area contributed by atoms with Crippen LogP contribution in [0.15, 0.2) is 35.2 Å². The molecular weight excluding hydrogens is 341 g/mol. The van der Waals surface area contributed by atoms with Crippen molar-refractivity contribution < 1.29 is 28.3 Å². The van der Waals surface area contributed by atoms with E-state index in [1.54, 1.807) is 32.0 Å². The second-order valence-electron chi connectivity index (χ2n) is 5.79. The molecule has 0 amide bonds. The lowest BCUT2D eigenvalue weighted by molar-refractivity contribution is -0.824. The maximum Gasteiger partial charge on any atom is 0.484 e. The van der Waals surface area contributed by atoms with Gasteiger partial charge in [-0.15, -0.1) is 0 Å². The summed E-state index contributed by atoms with van der Waals surface area (Å²) in [7, 11) is -3.83. The summed E-state index contributed by atoms with van der Waals surface area (Å²) >= 11 is 0. The van der Waals surface area contributed by atoms with Gasteiger partial charge < -0.3 is 19.2 Å². The minimum atomic E-state index is -3.83. The highest BCUT2D eigenvalue weighted by Crippen LogP contribution is 2.45. The van der Waals surface area contributed by atoms with Gasteiger partial charge in [-0.2, -0.15) is 0 Å². The van der Waals surface area contributed by atoms with Gasteiger partial charge in [-0.3, -0.25) is 10.1 Å². The fourth-order valence-corrected chi connectivity index (χ4v) is 2.88. The number of nitro groups is 1. The quantitative estimate of drug-likeness (QED) is 0.197. The van der Waals surface area contributed by atoms with Gasteiger partial charge >= 0.3 is 13.2 Å². The van der Waals surface area contributed by atoms with Crippen LogP contribution in [0.1, 0.15) is 13.8 Å². The van der Waals surface area contributed by atoms with Crippen LogP contribution < -0.4 is 4.52 Å². The van der Waals surface area contributed by atoms with Crippen LogP contribution >= 0.6 is 7.52 Å². The topological polar surface area (TPSA) is 126 Å². The Kier molecular flexibility index (Phi) is 4.93. The molecule has 0 saturated carbocycles. The Bertz CT molecular complexity index is 682. The first-order chi connectivity index (χ1) is 11.1. The summed E-state index contributed by atoms with van der Waals surface area (Å²) in [6.45, 7) is 3.09. The van der Waals surface area contributed by atoms with Crippen molar-refractivity contribution in [1.82, 2.24) is 0 Å². The summed E-state index contributed by atoms with van der Waals surface area (Å²) in [5, 5.41) is 23.7. The van der Waals surface area contributed by atoms with E-state index < -0.39 is 37.1 Å². The van der Waals surface area contributed by atoms with Crippen LogP contribution in [0.4, 0.5) is 0 Å². The third-order valence-electron chi connectivity index (χ3n) is 3.26. The minimum Gasteiger partial charge on any atom is -0.594 e. The zero-order chi connectivity index (χ0) is 18.0. The van der Waals surface area contributed by atoms with Crippen LogP contribution in [0.2, 0.25) is 0 Å². The van der Waals surface area contributed by atoms with E-state index in [9.17, 15) is 19.9 Å². The van der Waals surface area contributed by atoms with Crippen molar-refractivity contribution in [3.63, 3.8) is 0 Å². The van der Waals surface area contributed by atoms with Crippen molar-refractivity contribution in [2.45, 2.75) is 25.3 Å². The molecule has 0 radical (unpaired) electrons. The van der Waals surface area contributed by atoms with Gasteiger partial charge in [0.15, 0.2) is 19.0 Å². The average molecular weight is 359 g/mol. The number of hydrogen-bond acceptors (Lipinski definition) is 7. The second-order valence-corrected chi connectivity index (χ2v) is 7.75. The molecule has 24 heavy (non-hydrogen) atoms. The average Bonchev–Trinajstić information content (AvgIpc) is 2.47. The monoisotopic (exact) mass is 359 g/mol. The third-order valence-corrected chi connectivity index (χ3v) is 4.30. The molecule has 1 saturated heterocycles. The first-order valence-electron chi connectivity index (χ1n) is 7.01. The number of benzene rings is 1. The fourth-order valence-electron chi connectivity index (χ4n) is 1.87. The molecule has 1 fully saturated rings. The van der Waals surface area contributed by atoms with Crippen LogP contribution in [-0.4, -0.2) is 41.1 Å². The van der Waals surface area contributed by atoms with Crippen molar-refractivity contribution in [3.8, 4) is 5.75 Å². The van der Waals surface area contributed by atoms with Crippen LogP contribution in [0, 0.1) is 15.3 Å². The van der Waals surface area contributed by atoms with Crippen molar-refractivity contribution in [3.05, 3.63) is 45.7 Å². The highest BCUT2D eigenvalue weighted by Gasteiger charge is 2.60. The predicted molar refractivity (Wildman–Crippen MR) is 82.4 cm³/mol. The molecule has 1 aliphatic rings. The van der Waals surface area contributed by atoms with E-state index in [0.29, 0.717) is 0 Å². The van der Waals surface area contributed by atoms with E-state index in [1.807, 2.05) is 0 Å². The number of para-hydroxylation sites is 1. The van der Waals surface area contributed by atoms with Gasteiger partial charge in [-0.05, 0) is 30.8 Å². The van der Waals surface area contributed by atoms with Crippen molar-refractivity contribution >= 4 is 7.52 Å². The van der Waals surface area contributed by atoms with Gasteiger partial charge in [0.1, 0.15) is 10.7 Å². The van der Waals surface area contributed by atoms with E-state index in [2.05, 4.69) is 4.88 Å². The molecule has 0 bridgehead atoms. The predicted octanol–water partition coefficient (Wildman–Crippen LogP) is 2.61. The molecule has 10 nitrogen and oxygen atoms in total. The molecule has 1 heterocycles.